The number of nitrogens with zero attached hydrogens (tertiary/aromatic N) is 5. The Morgan fingerprint density at radius 3 is 2.31 bits per heavy atom. The van der Waals surface area contributed by atoms with Crippen LogP contribution in [0.5, 0.6) is 0 Å². The van der Waals surface area contributed by atoms with Gasteiger partial charge in [0, 0.05) is 33.9 Å². The number of benzene rings is 2. The molecule has 10 nitrogen and oxygen atoms in total. The number of carbonyl (C=O) groups is 1. The van der Waals surface area contributed by atoms with Gasteiger partial charge in [-0.25, -0.2) is 4.99 Å². The number of H-pyrrole nitrogens is 1. The molecule has 208 valence electrons. The lowest BCUT2D eigenvalue weighted by Crippen LogP contribution is -2.46. The Bertz CT molecular complexity index is 1250. The van der Waals surface area contributed by atoms with Crippen LogP contribution in [0.3, 0.4) is 0 Å². The normalized spacial score (nSPS) is 18.1. The summed E-state index contributed by atoms with van der Waals surface area (Å²) in [5.41, 5.74) is 8.45. The summed E-state index contributed by atoms with van der Waals surface area (Å²) >= 11 is 12.5. The van der Waals surface area contributed by atoms with Crippen LogP contribution in [0.25, 0.3) is 0 Å². The predicted octanol–water partition coefficient (Wildman–Crippen LogP) is 5.55. The second-order valence-electron chi connectivity index (χ2n) is 10.8. The van der Waals surface area contributed by atoms with Crippen LogP contribution in [-0.4, -0.2) is 50.1 Å². The van der Waals surface area contributed by atoms with E-state index in [1.165, 1.54) is 0 Å². The van der Waals surface area contributed by atoms with Gasteiger partial charge in [-0.1, -0.05) is 61.2 Å². The van der Waals surface area contributed by atoms with Crippen molar-refractivity contribution >= 4 is 46.7 Å². The van der Waals surface area contributed by atoms with Crippen LogP contribution in [0, 0.1) is 11.3 Å². The Hall–Kier alpha value is -3.21. The van der Waals surface area contributed by atoms with Crippen molar-refractivity contribution in [1.82, 2.24) is 25.5 Å². The Balaban J connectivity index is 1.56. The van der Waals surface area contributed by atoms with E-state index in [0.717, 1.165) is 36.9 Å². The molecule has 0 bridgehead atoms. The van der Waals surface area contributed by atoms with Crippen LogP contribution in [0.15, 0.2) is 47.5 Å². The summed E-state index contributed by atoms with van der Waals surface area (Å²) in [6.07, 6.45) is 4.35. The monoisotopic (exact) mass is 571 g/mol. The van der Waals surface area contributed by atoms with Gasteiger partial charge in [-0.3, -0.25) is 10.1 Å². The van der Waals surface area contributed by atoms with Crippen LogP contribution in [0.2, 0.25) is 10.0 Å². The molecule has 5 N–H and O–H groups in total. The summed E-state index contributed by atoms with van der Waals surface area (Å²) in [5, 5.41) is 20.4. The van der Waals surface area contributed by atoms with Gasteiger partial charge in [-0.15, -0.1) is 5.10 Å². The highest BCUT2D eigenvalue weighted by Crippen LogP contribution is 2.39. The van der Waals surface area contributed by atoms with Crippen LogP contribution >= 0.6 is 23.2 Å². The molecule has 1 aliphatic carbocycles. The number of guanidine groups is 1. The first-order valence-corrected chi connectivity index (χ1v) is 13.8. The van der Waals surface area contributed by atoms with Crippen molar-refractivity contribution in [2.24, 2.45) is 22.1 Å². The summed E-state index contributed by atoms with van der Waals surface area (Å²) in [6, 6.07) is 13.0. The highest BCUT2D eigenvalue weighted by molar-refractivity contribution is 6.35. The molecular weight excluding hydrogens is 537 g/mol. The van der Waals surface area contributed by atoms with Gasteiger partial charge >= 0.3 is 0 Å². The first kappa shape index (κ1) is 28.8. The lowest BCUT2D eigenvalue weighted by Gasteiger charge is -2.42. The molecule has 1 fully saturated rings. The van der Waals surface area contributed by atoms with Crippen LogP contribution in [-0.2, 0) is 6.54 Å². The Morgan fingerprint density at radius 2 is 1.74 bits per heavy atom. The number of aliphatic imine (C=N–C) groups is 1. The summed E-state index contributed by atoms with van der Waals surface area (Å²) in [4.78, 5) is 19.5. The molecule has 0 aliphatic heterocycles. The van der Waals surface area contributed by atoms with Crippen molar-refractivity contribution < 1.29 is 4.79 Å². The lowest BCUT2D eigenvalue weighted by molar-refractivity contribution is 0.102. The Kier molecular flexibility index (Phi) is 9.42. The largest absolute Gasteiger partial charge is 0.335 e. The molecular formula is C27H35Cl2N9O. The molecule has 3 aromatic rings. The molecule has 0 radical (unpaired) electrons. The maximum Gasteiger partial charge on any atom is 0.270 e. The number of aromatic nitrogens is 4. The van der Waals surface area contributed by atoms with Crippen molar-refractivity contribution in [2.45, 2.75) is 59.0 Å². The van der Waals surface area contributed by atoms with E-state index in [2.05, 4.69) is 61.9 Å². The molecule has 1 heterocycles. The van der Waals surface area contributed by atoms with E-state index >= 15 is 0 Å². The van der Waals surface area contributed by atoms with E-state index in [1.54, 1.807) is 18.2 Å². The van der Waals surface area contributed by atoms with Gasteiger partial charge in [0.2, 0.25) is 0 Å². The number of tetrazole rings is 1. The van der Waals surface area contributed by atoms with E-state index in [4.69, 9.17) is 28.9 Å². The van der Waals surface area contributed by atoms with E-state index in [1.807, 2.05) is 24.3 Å². The molecule has 4 rings (SSSR count). The number of anilines is 2. The van der Waals surface area contributed by atoms with Crippen molar-refractivity contribution in [3.63, 3.8) is 0 Å². The second-order valence-corrected chi connectivity index (χ2v) is 11.7. The van der Waals surface area contributed by atoms with Crippen molar-refractivity contribution in [3.05, 3.63) is 63.6 Å². The van der Waals surface area contributed by atoms with Crippen molar-refractivity contribution in [1.29, 1.82) is 0 Å². The number of nitrogens with one attached hydrogen (secondary N) is 3. The highest BCUT2D eigenvalue weighted by atomic mass is 35.5. The number of aromatic amines is 1. The average molecular weight is 573 g/mol. The zero-order chi connectivity index (χ0) is 28.0. The quantitative estimate of drug-likeness (QED) is 0.215. The van der Waals surface area contributed by atoms with Gasteiger partial charge in [0.1, 0.15) is 0 Å². The van der Waals surface area contributed by atoms with Gasteiger partial charge in [-0.2, -0.15) is 5.21 Å². The summed E-state index contributed by atoms with van der Waals surface area (Å²) in [6.45, 7) is 7.66. The van der Waals surface area contributed by atoms with Gasteiger partial charge in [0.15, 0.2) is 5.96 Å². The van der Waals surface area contributed by atoms with Crippen LogP contribution in [0.1, 0.15) is 62.4 Å². The van der Waals surface area contributed by atoms with Crippen molar-refractivity contribution in [3.8, 4) is 0 Å². The fourth-order valence-electron chi connectivity index (χ4n) is 5.02. The summed E-state index contributed by atoms with van der Waals surface area (Å²) in [5.74, 6) is 1.14. The number of hydrogen-bond donors (Lipinski definition) is 4. The molecule has 1 aliphatic rings. The molecule has 39 heavy (non-hydrogen) atoms. The number of halogens is 2. The minimum atomic E-state index is -0.315. The number of carbonyl (C=O) groups excluding carboxylic acids is 1. The number of rotatable bonds is 7. The van der Waals surface area contributed by atoms with Crippen molar-refractivity contribution in [2.75, 3.05) is 17.3 Å². The SMILES string of the molecule is CC(C)(C)[C@H]1CC[C@H](N(Cc2ccc(C(=O)Nc3nn[nH]n3)cc2)/C(=N\CN)Nc2cc(Cl)cc(Cl)c2)CC1. The second kappa shape index (κ2) is 12.8. The Morgan fingerprint density at radius 1 is 1.08 bits per heavy atom. The third-order valence-electron chi connectivity index (χ3n) is 7.13. The van der Waals surface area contributed by atoms with E-state index in [0.29, 0.717) is 34.0 Å². The van der Waals surface area contributed by atoms with Gasteiger partial charge in [-0.05, 0) is 78.1 Å². The molecule has 2 aromatic carbocycles. The van der Waals surface area contributed by atoms with Crippen LogP contribution < -0.4 is 16.4 Å². The number of amides is 1. The van der Waals surface area contributed by atoms with Crippen LogP contribution in [0.4, 0.5) is 11.6 Å². The first-order chi connectivity index (χ1) is 18.6. The number of nitrogens with two attached hydrogens (primary N) is 1. The van der Waals surface area contributed by atoms with Gasteiger partial charge in [0.25, 0.3) is 11.9 Å². The molecule has 12 heteroatoms. The molecule has 0 spiro atoms. The van der Waals surface area contributed by atoms with E-state index in [-0.39, 0.29) is 30.0 Å². The Labute approximate surface area is 238 Å². The molecule has 1 amide bonds. The predicted molar refractivity (Wildman–Crippen MR) is 156 cm³/mol. The maximum atomic E-state index is 12.5. The molecule has 1 saturated carbocycles. The van der Waals surface area contributed by atoms with Gasteiger partial charge < -0.3 is 16.0 Å². The molecule has 0 atom stereocenters. The van der Waals surface area contributed by atoms with E-state index < -0.39 is 0 Å². The zero-order valence-corrected chi connectivity index (χ0v) is 23.9. The fraction of sp³-hybridized carbons (Fsp3) is 0.444. The first-order valence-electron chi connectivity index (χ1n) is 13.0. The molecule has 1 aromatic heterocycles. The minimum Gasteiger partial charge on any atom is -0.335 e. The third-order valence-corrected chi connectivity index (χ3v) is 7.57. The highest BCUT2D eigenvalue weighted by Gasteiger charge is 2.33. The topological polar surface area (TPSA) is 137 Å². The maximum absolute atomic E-state index is 12.5. The third kappa shape index (κ3) is 7.90. The lowest BCUT2D eigenvalue weighted by atomic mass is 9.71. The zero-order valence-electron chi connectivity index (χ0n) is 22.4. The standard InChI is InChI=1S/C27H35Cl2N9O/c1-27(2,3)19-8-10-23(11-9-19)38(26(31-16-30)32-22-13-20(28)12-21(29)14-22)15-17-4-6-18(7-5-17)24(39)33-25-34-36-37-35-25/h4-7,12-14,19,23H,8-11,15-16,30H2,1-3H3,(H,31,32)(H2,33,34,35,36,37,39)/t19-,23-. The summed E-state index contributed by atoms with van der Waals surface area (Å²) in [7, 11) is 0. The van der Waals surface area contributed by atoms with Gasteiger partial charge in [0.05, 0.1) is 6.67 Å². The average Bonchev–Trinajstić information content (AvgIpc) is 3.39. The number of hydrogen-bond acceptors (Lipinski definition) is 6. The minimum absolute atomic E-state index is 0.121. The van der Waals surface area contributed by atoms with E-state index in [9.17, 15) is 4.79 Å². The smallest absolute Gasteiger partial charge is 0.270 e. The molecule has 0 unspecified atom stereocenters. The fourth-order valence-corrected chi connectivity index (χ4v) is 5.55. The molecule has 0 saturated heterocycles. The summed E-state index contributed by atoms with van der Waals surface area (Å²) < 4.78 is 0.